The van der Waals surface area contributed by atoms with Crippen LogP contribution in [0, 0.1) is 11.6 Å². The second kappa shape index (κ2) is 6.86. The number of pyridine rings is 1. The summed E-state index contributed by atoms with van der Waals surface area (Å²) in [5.74, 6) is -2.50. The maximum atomic E-state index is 14.0. The number of nitrogens with zero attached hydrogens (tertiary/aromatic N) is 3. The Hall–Kier alpha value is -2.58. The van der Waals surface area contributed by atoms with Gasteiger partial charge in [-0.1, -0.05) is 30.3 Å². The highest BCUT2D eigenvalue weighted by Crippen LogP contribution is 2.28. The molecule has 0 aliphatic carbocycles. The van der Waals surface area contributed by atoms with E-state index in [-0.39, 0.29) is 13.1 Å². The molecule has 1 aliphatic rings. The summed E-state index contributed by atoms with van der Waals surface area (Å²) in [6, 6.07) is 11.0. The molecule has 27 heavy (non-hydrogen) atoms. The molecule has 3 aromatic rings. The van der Waals surface area contributed by atoms with Gasteiger partial charge in [-0.2, -0.15) is 4.31 Å². The maximum absolute atomic E-state index is 14.0. The van der Waals surface area contributed by atoms with E-state index in [9.17, 15) is 17.2 Å². The summed E-state index contributed by atoms with van der Waals surface area (Å²) in [4.78, 5) is 5.70. The fourth-order valence-corrected chi connectivity index (χ4v) is 4.84. The molecule has 0 N–H and O–H groups in total. The average molecular weight is 389 g/mol. The Kier molecular flexibility index (Phi) is 4.53. The summed E-state index contributed by atoms with van der Waals surface area (Å²) in [5.41, 5.74) is 0.932. The normalized spacial score (nSPS) is 16.0. The fourth-order valence-electron chi connectivity index (χ4n) is 3.34. The lowest BCUT2D eigenvalue weighted by molar-refractivity contribution is 0.380. The smallest absolute Gasteiger partial charge is 0.246 e. The lowest BCUT2D eigenvalue weighted by atomic mass is 10.1. The van der Waals surface area contributed by atoms with E-state index >= 15 is 0 Å². The summed E-state index contributed by atoms with van der Waals surface area (Å²) in [7, 11) is -4.09. The lowest BCUT2D eigenvalue weighted by Crippen LogP contribution is -2.48. The van der Waals surface area contributed by atoms with E-state index in [1.807, 2.05) is 24.3 Å². The van der Waals surface area contributed by atoms with Crippen LogP contribution in [0.15, 0.2) is 59.8 Å². The Morgan fingerprint density at radius 3 is 2.41 bits per heavy atom. The Labute approximate surface area is 155 Å². The van der Waals surface area contributed by atoms with Crippen LogP contribution in [-0.4, -0.2) is 43.9 Å². The van der Waals surface area contributed by atoms with Gasteiger partial charge in [-0.3, -0.25) is 4.98 Å². The summed E-state index contributed by atoms with van der Waals surface area (Å²) in [6.45, 7) is 1.24. The highest BCUT2D eigenvalue weighted by atomic mass is 32.2. The number of fused-ring (bicyclic) bond motifs is 1. The molecule has 2 aromatic carbocycles. The molecule has 0 bridgehead atoms. The summed E-state index contributed by atoms with van der Waals surface area (Å²) < 4.78 is 54.0. The van der Waals surface area contributed by atoms with Crippen molar-refractivity contribution in [2.24, 2.45) is 0 Å². The van der Waals surface area contributed by atoms with Crippen molar-refractivity contribution in [3.63, 3.8) is 0 Å². The van der Waals surface area contributed by atoms with Crippen LogP contribution < -0.4 is 4.90 Å². The van der Waals surface area contributed by atoms with Crippen LogP contribution in [0.4, 0.5) is 14.5 Å². The zero-order valence-electron chi connectivity index (χ0n) is 14.3. The van der Waals surface area contributed by atoms with Crippen molar-refractivity contribution in [3.8, 4) is 0 Å². The van der Waals surface area contributed by atoms with Crippen molar-refractivity contribution >= 4 is 26.5 Å². The Morgan fingerprint density at radius 1 is 0.889 bits per heavy atom. The van der Waals surface area contributed by atoms with Gasteiger partial charge in [0.25, 0.3) is 0 Å². The minimum atomic E-state index is -4.09. The molecular formula is C19H17F2N3O2S. The third-order valence-electron chi connectivity index (χ3n) is 4.76. The lowest BCUT2D eigenvalue weighted by Gasteiger charge is -2.35. The van der Waals surface area contributed by atoms with Crippen molar-refractivity contribution in [1.82, 2.24) is 9.29 Å². The van der Waals surface area contributed by atoms with Gasteiger partial charge in [0.15, 0.2) is 11.6 Å². The van der Waals surface area contributed by atoms with Crippen LogP contribution in [0.3, 0.4) is 0 Å². The van der Waals surface area contributed by atoms with Crippen LogP contribution in [0.25, 0.3) is 10.8 Å². The van der Waals surface area contributed by atoms with Crippen molar-refractivity contribution in [3.05, 3.63) is 66.5 Å². The molecule has 0 radical (unpaired) electrons. The highest BCUT2D eigenvalue weighted by molar-refractivity contribution is 7.89. The van der Waals surface area contributed by atoms with Gasteiger partial charge in [0.2, 0.25) is 10.0 Å². The number of hydrogen-bond donors (Lipinski definition) is 0. The number of halogens is 2. The minimum Gasteiger partial charge on any atom is -0.367 e. The standard InChI is InChI=1S/C19H17F2N3O2S/c20-16-6-3-7-18(19(16)21)27(25,26)24-10-8-23(9-11-24)17-13-22-12-14-4-1-2-5-15(14)17/h1-7,12-13H,8-11H2. The van der Waals surface area contributed by atoms with E-state index < -0.39 is 26.6 Å². The molecule has 0 atom stereocenters. The van der Waals surface area contributed by atoms with Crippen molar-refractivity contribution in [2.75, 3.05) is 31.1 Å². The molecule has 1 saturated heterocycles. The van der Waals surface area contributed by atoms with Crippen molar-refractivity contribution in [1.29, 1.82) is 0 Å². The number of piperazine rings is 1. The van der Waals surface area contributed by atoms with Gasteiger partial charge in [0.05, 0.1) is 11.9 Å². The number of hydrogen-bond acceptors (Lipinski definition) is 4. The van der Waals surface area contributed by atoms with Crippen molar-refractivity contribution in [2.45, 2.75) is 4.90 Å². The molecule has 0 spiro atoms. The maximum Gasteiger partial charge on any atom is 0.246 e. The van der Waals surface area contributed by atoms with E-state index in [0.717, 1.165) is 28.6 Å². The molecule has 1 fully saturated rings. The minimum absolute atomic E-state index is 0.182. The Balaban J connectivity index is 1.58. The first-order valence-corrected chi connectivity index (χ1v) is 9.94. The summed E-state index contributed by atoms with van der Waals surface area (Å²) in [6.07, 6.45) is 3.55. The largest absolute Gasteiger partial charge is 0.367 e. The monoisotopic (exact) mass is 389 g/mol. The summed E-state index contributed by atoms with van der Waals surface area (Å²) in [5, 5.41) is 2.05. The second-order valence-electron chi connectivity index (χ2n) is 6.32. The predicted octanol–water partition coefficient (Wildman–Crippen LogP) is 3.02. The molecule has 140 valence electrons. The third kappa shape index (κ3) is 3.15. The topological polar surface area (TPSA) is 53.5 Å². The van der Waals surface area contributed by atoms with Gasteiger partial charge in [-0.15, -0.1) is 0 Å². The van der Waals surface area contributed by atoms with Gasteiger partial charge in [-0.05, 0) is 12.1 Å². The average Bonchev–Trinajstić information content (AvgIpc) is 2.69. The summed E-state index contributed by atoms with van der Waals surface area (Å²) >= 11 is 0. The van der Waals surface area contributed by atoms with E-state index in [1.54, 1.807) is 12.4 Å². The van der Waals surface area contributed by atoms with Gasteiger partial charge in [0.1, 0.15) is 4.90 Å². The van der Waals surface area contributed by atoms with E-state index in [2.05, 4.69) is 9.88 Å². The number of aromatic nitrogens is 1. The third-order valence-corrected chi connectivity index (χ3v) is 6.68. The first-order valence-electron chi connectivity index (χ1n) is 8.50. The molecule has 2 heterocycles. The van der Waals surface area contributed by atoms with E-state index in [4.69, 9.17) is 0 Å². The number of benzene rings is 2. The number of anilines is 1. The predicted molar refractivity (Wildman–Crippen MR) is 99.1 cm³/mol. The first kappa shape index (κ1) is 17.8. The molecule has 0 amide bonds. The molecule has 5 nitrogen and oxygen atoms in total. The quantitative estimate of drug-likeness (QED) is 0.691. The van der Waals surface area contributed by atoms with Crippen LogP contribution >= 0.6 is 0 Å². The molecule has 4 rings (SSSR count). The Morgan fingerprint density at radius 2 is 1.63 bits per heavy atom. The van der Waals surface area contributed by atoms with Gasteiger partial charge >= 0.3 is 0 Å². The number of sulfonamides is 1. The van der Waals surface area contributed by atoms with Gasteiger partial charge < -0.3 is 4.90 Å². The molecule has 1 aromatic heterocycles. The second-order valence-corrected chi connectivity index (χ2v) is 8.23. The molecule has 8 heteroatoms. The zero-order chi connectivity index (χ0) is 19.0. The van der Waals surface area contributed by atoms with Crippen molar-refractivity contribution < 1.29 is 17.2 Å². The van der Waals surface area contributed by atoms with E-state index in [1.165, 1.54) is 10.4 Å². The SMILES string of the molecule is O=S(=O)(c1cccc(F)c1F)N1CCN(c2cncc3ccccc23)CC1. The van der Waals surface area contributed by atoms with E-state index in [0.29, 0.717) is 13.1 Å². The molecule has 0 unspecified atom stereocenters. The molecule has 0 saturated carbocycles. The van der Waals surface area contributed by atoms with Crippen LogP contribution in [0.1, 0.15) is 0 Å². The zero-order valence-corrected chi connectivity index (χ0v) is 15.2. The molecular weight excluding hydrogens is 372 g/mol. The highest BCUT2D eigenvalue weighted by Gasteiger charge is 2.32. The van der Waals surface area contributed by atoms with Crippen LogP contribution in [0.2, 0.25) is 0 Å². The first-order chi connectivity index (χ1) is 13.0. The van der Waals surface area contributed by atoms with Gasteiger partial charge in [0, 0.05) is 43.1 Å². The van der Waals surface area contributed by atoms with Crippen LogP contribution in [-0.2, 0) is 10.0 Å². The molecule has 1 aliphatic heterocycles. The fraction of sp³-hybridized carbons (Fsp3) is 0.211. The number of rotatable bonds is 3. The van der Waals surface area contributed by atoms with Gasteiger partial charge in [-0.25, -0.2) is 17.2 Å². The Bertz CT molecular complexity index is 1090. The van der Waals surface area contributed by atoms with Crippen LogP contribution in [0.5, 0.6) is 0 Å².